The van der Waals surface area contributed by atoms with Gasteiger partial charge in [-0.25, -0.2) is 8.78 Å². The Balaban J connectivity index is 2.24. The number of alkyl halides is 3. The lowest BCUT2D eigenvalue weighted by Crippen LogP contribution is -2.06. The summed E-state index contributed by atoms with van der Waals surface area (Å²) in [5.74, 6) is -1.49. The minimum atomic E-state index is -4.55. The zero-order valence-electron chi connectivity index (χ0n) is 11.5. The Morgan fingerprint density at radius 2 is 1.77 bits per heavy atom. The number of benzene rings is 2. The van der Waals surface area contributed by atoms with Gasteiger partial charge in [0.1, 0.15) is 23.5 Å². The normalized spacial score (nSPS) is 17.3. The fourth-order valence-corrected chi connectivity index (χ4v) is 2.60. The molecule has 6 heteroatoms. The van der Waals surface area contributed by atoms with Crippen molar-refractivity contribution in [2.24, 2.45) is 0 Å². The number of halogens is 5. The van der Waals surface area contributed by atoms with Gasteiger partial charge in [0.15, 0.2) is 0 Å². The molecular weight excluding hydrogens is 303 g/mol. The van der Waals surface area contributed by atoms with Crippen LogP contribution >= 0.6 is 0 Å². The van der Waals surface area contributed by atoms with Crippen LogP contribution in [0.1, 0.15) is 18.1 Å². The highest BCUT2D eigenvalue weighted by Gasteiger charge is 2.35. The molecule has 1 atom stereocenters. The van der Waals surface area contributed by atoms with Gasteiger partial charge in [0, 0.05) is 23.6 Å². The topological polar surface area (TPSA) is 9.23 Å². The van der Waals surface area contributed by atoms with Crippen LogP contribution in [-0.2, 0) is 12.6 Å². The van der Waals surface area contributed by atoms with Crippen LogP contribution in [0.25, 0.3) is 11.1 Å². The van der Waals surface area contributed by atoms with E-state index in [9.17, 15) is 22.0 Å². The first-order valence-electron chi connectivity index (χ1n) is 6.62. The second-order valence-electron chi connectivity index (χ2n) is 5.27. The summed E-state index contributed by atoms with van der Waals surface area (Å²) in [6.45, 7) is 1.72. The highest BCUT2D eigenvalue weighted by molar-refractivity contribution is 5.74. The summed E-state index contributed by atoms with van der Waals surface area (Å²) >= 11 is 0. The predicted octanol–water partition coefficient (Wildman–Crippen LogP) is 4.97. The maximum absolute atomic E-state index is 14.0. The van der Waals surface area contributed by atoms with Gasteiger partial charge in [0.05, 0.1) is 5.56 Å². The van der Waals surface area contributed by atoms with Crippen molar-refractivity contribution in [3.05, 3.63) is 53.1 Å². The summed E-state index contributed by atoms with van der Waals surface area (Å²) in [6, 6.07) is 4.62. The third kappa shape index (κ3) is 2.53. The van der Waals surface area contributed by atoms with Gasteiger partial charge in [-0.05, 0) is 36.8 Å². The third-order valence-electron chi connectivity index (χ3n) is 3.54. The quantitative estimate of drug-likeness (QED) is 0.675. The summed E-state index contributed by atoms with van der Waals surface area (Å²) in [5.41, 5.74) is -0.617. The van der Waals surface area contributed by atoms with Crippen molar-refractivity contribution in [1.82, 2.24) is 0 Å². The molecule has 0 radical (unpaired) electrons. The monoisotopic (exact) mass is 314 g/mol. The molecule has 0 saturated carbocycles. The van der Waals surface area contributed by atoms with E-state index in [2.05, 4.69) is 0 Å². The van der Waals surface area contributed by atoms with Crippen LogP contribution in [0.2, 0.25) is 0 Å². The van der Waals surface area contributed by atoms with Crippen molar-refractivity contribution in [2.45, 2.75) is 25.6 Å². The van der Waals surface area contributed by atoms with Gasteiger partial charge in [-0.2, -0.15) is 13.2 Å². The number of rotatable bonds is 1. The molecule has 0 bridgehead atoms. The van der Waals surface area contributed by atoms with E-state index in [1.807, 2.05) is 0 Å². The van der Waals surface area contributed by atoms with E-state index >= 15 is 0 Å². The lowest BCUT2D eigenvalue weighted by atomic mass is 9.97. The van der Waals surface area contributed by atoms with Crippen molar-refractivity contribution in [2.75, 3.05) is 0 Å². The van der Waals surface area contributed by atoms with Crippen molar-refractivity contribution in [3.8, 4) is 16.9 Å². The molecule has 0 spiro atoms. The number of ether oxygens (including phenoxy) is 1. The average Bonchev–Trinajstić information content (AvgIpc) is 2.77. The SMILES string of the molecule is CC1Cc2cc(C(F)(F)F)cc(-c3ccc(F)cc3F)c2O1. The largest absolute Gasteiger partial charge is 0.489 e. The molecule has 0 saturated heterocycles. The standard InChI is InChI=1S/C16H11F5O/c1-8-4-9-5-10(16(19,20)21)6-13(15(9)22-8)12-3-2-11(17)7-14(12)18/h2-3,5-8H,4H2,1H3. The van der Waals surface area contributed by atoms with E-state index in [1.54, 1.807) is 6.92 Å². The minimum absolute atomic E-state index is 0.00771. The van der Waals surface area contributed by atoms with Crippen LogP contribution in [0, 0.1) is 11.6 Å². The van der Waals surface area contributed by atoms with Gasteiger partial charge >= 0.3 is 6.18 Å². The first-order chi connectivity index (χ1) is 10.3. The molecular formula is C16H11F5O. The predicted molar refractivity (Wildman–Crippen MR) is 70.6 cm³/mol. The maximum Gasteiger partial charge on any atom is 0.416 e. The van der Waals surface area contributed by atoms with Crippen molar-refractivity contribution in [3.63, 3.8) is 0 Å². The van der Waals surface area contributed by atoms with E-state index < -0.39 is 23.4 Å². The summed E-state index contributed by atoms with van der Waals surface area (Å²) in [4.78, 5) is 0. The second kappa shape index (κ2) is 4.97. The van der Waals surface area contributed by atoms with E-state index in [4.69, 9.17) is 4.74 Å². The second-order valence-corrected chi connectivity index (χ2v) is 5.27. The Bertz CT molecular complexity index is 736. The fourth-order valence-electron chi connectivity index (χ4n) is 2.60. The summed E-state index contributed by atoms with van der Waals surface area (Å²) < 4.78 is 71.5. The lowest BCUT2D eigenvalue weighted by molar-refractivity contribution is -0.137. The molecule has 1 aliphatic rings. The number of hydrogen-bond donors (Lipinski definition) is 0. The maximum atomic E-state index is 14.0. The third-order valence-corrected chi connectivity index (χ3v) is 3.54. The molecule has 0 amide bonds. The molecule has 1 unspecified atom stereocenters. The molecule has 0 N–H and O–H groups in total. The molecule has 2 aromatic rings. The van der Waals surface area contributed by atoms with Gasteiger partial charge in [-0.1, -0.05) is 0 Å². The Labute approximate surface area is 123 Å². The smallest absolute Gasteiger partial charge is 0.416 e. The van der Waals surface area contributed by atoms with Crippen molar-refractivity contribution < 1.29 is 26.7 Å². The van der Waals surface area contributed by atoms with E-state index in [0.717, 1.165) is 24.3 Å². The van der Waals surface area contributed by atoms with Crippen LogP contribution in [0.5, 0.6) is 5.75 Å². The molecule has 2 aromatic carbocycles. The fraction of sp³-hybridized carbons (Fsp3) is 0.250. The summed E-state index contributed by atoms with van der Waals surface area (Å²) in [5, 5.41) is 0. The van der Waals surface area contributed by atoms with Gasteiger partial charge in [0.2, 0.25) is 0 Å². The van der Waals surface area contributed by atoms with Crippen LogP contribution in [-0.4, -0.2) is 6.10 Å². The molecule has 1 aliphatic heterocycles. The Morgan fingerprint density at radius 1 is 1.05 bits per heavy atom. The summed E-state index contributed by atoms with van der Waals surface area (Å²) in [7, 11) is 0. The molecule has 3 rings (SSSR count). The lowest BCUT2D eigenvalue weighted by Gasteiger charge is -2.14. The molecule has 22 heavy (non-hydrogen) atoms. The van der Waals surface area contributed by atoms with E-state index in [0.29, 0.717) is 18.1 Å². The van der Waals surface area contributed by atoms with Crippen LogP contribution < -0.4 is 4.74 Å². The van der Waals surface area contributed by atoms with Gasteiger partial charge in [-0.15, -0.1) is 0 Å². The minimum Gasteiger partial charge on any atom is -0.489 e. The molecule has 1 heterocycles. The first-order valence-corrected chi connectivity index (χ1v) is 6.62. The van der Waals surface area contributed by atoms with Gasteiger partial charge < -0.3 is 4.74 Å². The zero-order chi connectivity index (χ0) is 16.1. The molecule has 0 aromatic heterocycles. The Morgan fingerprint density at radius 3 is 2.41 bits per heavy atom. The van der Waals surface area contributed by atoms with Crippen LogP contribution in [0.3, 0.4) is 0 Å². The Hall–Kier alpha value is -2.11. The average molecular weight is 314 g/mol. The Kier molecular flexibility index (Phi) is 3.34. The van der Waals surface area contributed by atoms with Crippen LogP contribution in [0.4, 0.5) is 22.0 Å². The first kappa shape index (κ1) is 14.8. The van der Waals surface area contributed by atoms with E-state index in [-0.39, 0.29) is 23.0 Å². The molecule has 0 fully saturated rings. The zero-order valence-corrected chi connectivity index (χ0v) is 11.5. The molecule has 0 aliphatic carbocycles. The highest BCUT2D eigenvalue weighted by Crippen LogP contribution is 2.44. The molecule has 116 valence electrons. The number of fused-ring (bicyclic) bond motifs is 1. The van der Waals surface area contributed by atoms with Crippen molar-refractivity contribution in [1.29, 1.82) is 0 Å². The van der Waals surface area contributed by atoms with Gasteiger partial charge in [0.25, 0.3) is 0 Å². The highest BCUT2D eigenvalue weighted by atomic mass is 19.4. The molecule has 1 nitrogen and oxygen atoms in total. The van der Waals surface area contributed by atoms with E-state index in [1.165, 1.54) is 0 Å². The van der Waals surface area contributed by atoms with Crippen molar-refractivity contribution >= 4 is 0 Å². The van der Waals surface area contributed by atoms with Gasteiger partial charge in [-0.3, -0.25) is 0 Å². The number of hydrogen-bond acceptors (Lipinski definition) is 1. The summed E-state index contributed by atoms with van der Waals surface area (Å²) in [6.07, 6.45) is -4.53. The van der Waals surface area contributed by atoms with Crippen LogP contribution in [0.15, 0.2) is 30.3 Å².